The van der Waals surface area contributed by atoms with Gasteiger partial charge in [0.1, 0.15) is 0 Å². The molecule has 1 aromatic heterocycles. The fourth-order valence-electron chi connectivity index (χ4n) is 1.40. The van der Waals surface area contributed by atoms with Crippen molar-refractivity contribution >= 4 is 27.3 Å². The van der Waals surface area contributed by atoms with Gasteiger partial charge in [-0.05, 0) is 46.1 Å². The monoisotopic (exact) mass is 262 g/mol. The van der Waals surface area contributed by atoms with Crippen LogP contribution in [0.15, 0.2) is 15.9 Å². The van der Waals surface area contributed by atoms with Crippen molar-refractivity contribution in [3.8, 4) is 0 Å². The molecule has 1 rings (SSSR count). The third-order valence-electron chi connectivity index (χ3n) is 2.12. The van der Waals surface area contributed by atoms with E-state index in [1.807, 2.05) is 0 Å². The average Bonchev–Trinajstić information content (AvgIpc) is 2.51. The molecule has 0 aliphatic carbocycles. The highest BCUT2D eigenvalue weighted by atomic mass is 79.9. The van der Waals surface area contributed by atoms with E-state index in [1.54, 1.807) is 11.3 Å². The number of hydrogen-bond acceptors (Lipinski definition) is 2. The van der Waals surface area contributed by atoms with Gasteiger partial charge in [-0.2, -0.15) is 0 Å². The highest BCUT2D eigenvalue weighted by molar-refractivity contribution is 9.10. The van der Waals surface area contributed by atoms with E-state index >= 15 is 0 Å². The van der Waals surface area contributed by atoms with Crippen LogP contribution >= 0.6 is 27.3 Å². The first-order chi connectivity index (χ1) is 6.27. The summed E-state index contributed by atoms with van der Waals surface area (Å²) < 4.78 is 1.19. The fraction of sp³-hybridized carbons (Fsp3) is 0.600. The van der Waals surface area contributed by atoms with Crippen LogP contribution in [0.1, 0.15) is 24.6 Å². The maximum atomic E-state index is 9.14. The molecule has 0 aliphatic heterocycles. The number of halogens is 1. The summed E-state index contributed by atoms with van der Waals surface area (Å²) in [6.07, 6.45) is 3.26. The van der Waals surface area contributed by atoms with Gasteiger partial charge >= 0.3 is 0 Å². The van der Waals surface area contributed by atoms with Crippen molar-refractivity contribution in [2.75, 3.05) is 6.61 Å². The molecule has 1 unspecified atom stereocenters. The van der Waals surface area contributed by atoms with E-state index < -0.39 is 0 Å². The summed E-state index contributed by atoms with van der Waals surface area (Å²) in [5, 5.41) is 11.2. The van der Waals surface area contributed by atoms with Gasteiger partial charge in [-0.3, -0.25) is 0 Å². The molecule has 0 saturated heterocycles. The van der Waals surface area contributed by atoms with Crippen LogP contribution in [0.25, 0.3) is 0 Å². The van der Waals surface area contributed by atoms with Crippen LogP contribution in [0.2, 0.25) is 0 Å². The maximum Gasteiger partial charge on any atom is 0.0462 e. The van der Waals surface area contributed by atoms with Gasteiger partial charge in [0.05, 0.1) is 0 Å². The lowest BCUT2D eigenvalue weighted by Gasteiger charge is -2.11. The Morgan fingerprint density at radius 2 is 2.38 bits per heavy atom. The molecule has 0 fully saturated rings. The van der Waals surface area contributed by atoms with Crippen LogP contribution in [0, 0.1) is 5.92 Å². The van der Waals surface area contributed by atoms with E-state index in [2.05, 4.69) is 34.3 Å². The SMILES string of the molecule is CCCC(CO)Cc1sccc1Br. The smallest absolute Gasteiger partial charge is 0.0462 e. The van der Waals surface area contributed by atoms with Crippen LogP contribution in [0.3, 0.4) is 0 Å². The number of rotatable bonds is 5. The Balaban J connectivity index is 2.51. The van der Waals surface area contributed by atoms with E-state index in [9.17, 15) is 0 Å². The summed E-state index contributed by atoms with van der Waals surface area (Å²) in [6, 6.07) is 2.07. The van der Waals surface area contributed by atoms with Gasteiger partial charge in [0.25, 0.3) is 0 Å². The van der Waals surface area contributed by atoms with Crippen molar-refractivity contribution in [2.24, 2.45) is 5.92 Å². The molecule has 1 atom stereocenters. The number of aliphatic hydroxyl groups is 1. The minimum Gasteiger partial charge on any atom is -0.396 e. The lowest BCUT2D eigenvalue weighted by atomic mass is 10.0. The molecular weight excluding hydrogens is 248 g/mol. The molecule has 0 radical (unpaired) electrons. The average molecular weight is 263 g/mol. The molecule has 0 aromatic carbocycles. The molecule has 0 amide bonds. The molecule has 0 saturated carbocycles. The lowest BCUT2D eigenvalue weighted by molar-refractivity contribution is 0.217. The van der Waals surface area contributed by atoms with E-state index in [4.69, 9.17) is 5.11 Å². The molecule has 1 aromatic rings. The zero-order chi connectivity index (χ0) is 9.68. The third kappa shape index (κ3) is 3.41. The largest absolute Gasteiger partial charge is 0.396 e. The van der Waals surface area contributed by atoms with Crippen LogP contribution in [-0.2, 0) is 6.42 Å². The molecule has 13 heavy (non-hydrogen) atoms. The lowest BCUT2D eigenvalue weighted by Crippen LogP contribution is -2.08. The summed E-state index contributed by atoms with van der Waals surface area (Å²) in [5.41, 5.74) is 0. The molecule has 0 aliphatic rings. The van der Waals surface area contributed by atoms with Crippen molar-refractivity contribution in [1.82, 2.24) is 0 Å². The number of thiophene rings is 1. The predicted molar refractivity (Wildman–Crippen MR) is 61.2 cm³/mol. The van der Waals surface area contributed by atoms with Crippen LogP contribution in [0.4, 0.5) is 0 Å². The number of aliphatic hydroxyl groups excluding tert-OH is 1. The van der Waals surface area contributed by atoms with E-state index in [0.29, 0.717) is 12.5 Å². The first kappa shape index (κ1) is 11.2. The molecular formula is C10H15BrOS. The van der Waals surface area contributed by atoms with Crippen LogP contribution in [0.5, 0.6) is 0 Å². The second-order valence-electron chi connectivity index (χ2n) is 3.23. The quantitative estimate of drug-likeness (QED) is 0.862. The van der Waals surface area contributed by atoms with Crippen LogP contribution in [-0.4, -0.2) is 11.7 Å². The van der Waals surface area contributed by atoms with E-state index in [1.165, 1.54) is 9.35 Å². The van der Waals surface area contributed by atoms with Crippen molar-refractivity contribution in [1.29, 1.82) is 0 Å². The summed E-state index contributed by atoms with van der Waals surface area (Å²) >= 11 is 5.26. The molecule has 1 heterocycles. The second-order valence-corrected chi connectivity index (χ2v) is 5.09. The molecule has 74 valence electrons. The van der Waals surface area contributed by atoms with Gasteiger partial charge in [-0.15, -0.1) is 11.3 Å². The molecule has 3 heteroatoms. The highest BCUT2D eigenvalue weighted by Gasteiger charge is 2.10. The van der Waals surface area contributed by atoms with Gasteiger partial charge in [0, 0.05) is 16.0 Å². The molecule has 0 bridgehead atoms. The van der Waals surface area contributed by atoms with E-state index in [0.717, 1.165) is 19.3 Å². The standard InChI is InChI=1S/C10H15BrOS/c1-2-3-8(7-12)6-10-9(11)4-5-13-10/h4-5,8,12H,2-3,6-7H2,1H3. The normalized spacial score (nSPS) is 13.2. The summed E-state index contributed by atoms with van der Waals surface area (Å²) in [7, 11) is 0. The molecule has 1 nitrogen and oxygen atoms in total. The summed E-state index contributed by atoms with van der Waals surface area (Å²) in [5.74, 6) is 0.431. The molecule has 0 spiro atoms. The Labute approximate surface area is 91.9 Å². The second kappa shape index (κ2) is 5.78. The van der Waals surface area contributed by atoms with Crippen molar-refractivity contribution in [3.05, 3.63) is 20.8 Å². The number of hydrogen-bond donors (Lipinski definition) is 1. The summed E-state index contributed by atoms with van der Waals surface area (Å²) in [6.45, 7) is 2.46. The Bertz CT molecular complexity index is 247. The zero-order valence-electron chi connectivity index (χ0n) is 7.79. The minimum atomic E-state index is 0.304. The van der Waals surface area contributed by atoms with E-state index in [-0.39, 0.29) is 0 Å². The van der Waals surface area contributed by atoms with Gasteiger partial charge in [-0.25, -0.2) is 0 Å². The van der Waals surface area contributed by atoms with Gasteiger partial charge in [-0.1, -0.05) is 13.3 Å². The minimum absolute atomic E-state index is 0.304. The topological polar surface area (TPSA) is 20.2 Å². The molecule has 1 N–H and O–H groups in total. The Hall–Kier alpha value is 0.140. The first-order valence-electron chi connectivity index (χ1n) is 4.60. The predicted octanol–water partition coefficient (Wildman–Crippen LogP) is 3.46. The fourth-order valence-corrected chi connectivity index (χ4v) is 3.03. The Morgan fingerprint density at radius 1 is 1.62 bits per heavy atom. The maximum absolute atomic E-state index is 9.14. The zero-order valence-corrected chi connectivity index (χ0v) is 10.2. The van der Waals surface area contributed by atoms with Crippen molar-refractivity contribution < 1.29 is 5.11 Å². The van der Waals surface area contributed by atoms with Gasteiger partial charge in [0.2, 0.25) is 0 Å². The van der Waals surface area contributed by atoms with Gasteiger partial charge < -0.3 is 5.11 Å². The summed E-state index contributed by atoms with van der Waals surface area (Å²) in [4.78, 5) is 1.35. The Morgan fingerprint density at radius 3 is 2.85 bits per heavy atom. The first-order valence-corrected chi connectivity index (χ1v) is 6.28. The highest BCUT2D eigenvalue weighted by Crippen LogP contribution is 2.26. The van der Waals surface area contributed by atoms with Crippen LogP contribution < -0.4 is 0 Å². The van der Waals surface area contributed by atoms with Crippen molar-refractivity contribution in [3.63, 3.8) is 0 Å². The third-order valence-corrected chi connectivity index (χ3v) is 4.07. The van der Waals surface area contributed by atoms with Gasteiger partial charge in [0.15, 0.2) is 0 Å². The Kier molecular flexibility index (Phi) is 4.99. The van der Waals surface area contributed by atoms with Crippen molar-refractivity contribution in [2.45, 2.75) is 26.2 Å².